The van der Waals surface area contributed by atoms with Crippen LogP contribution in [0, 0.1) is 0 Å². The fraction of sp³-hybridized carbons (Fsp3) is 0.286. The van der Waals surface area contributed by atoms with Crippen LogP contribution in [0.1, 0.15) is 13.8 Å². The van der Waals surface area contributed by atoms with Crippen LogP contribution >= 0.6 is 23.2 Å². The van der Waals surface area contributed by atoms with Gasteiger partial charge in [0.15, 0.2) is 0 Å². The summed E-state index contributed by atoms with van der Waals surface area (Å²) in [4.78, 5) is 9.00. The molecule has 2 N–H and O–H groups in total. The van der Waals surface area contributed by atoms with E-state index in [1.54, 1.807) is 0 Å². The van der Waals surface area contributed by atoms with Crippen LogP contribution in [0.2, 0.25) is 0 Å². The van der Waals surface area contributed by atoms with E-state index in [-0.39, 0.29) is 10.3 Å². The number of hydrogen-bond acceptors (Lipinski definition) is 2. The third kappa shape index (κ3) is 34.5. The number of rotatable bonds is 1. The van der Waals surface area contributed by atoms with Crippen molar-refractivity contribution in [1.29, 1.82) is 0 Å². The van der Waals surface area contributed by atoms with Gasteiger partial charge in [-0.2, -0.15) is 0 Å². The van der Waals surface area contributed by atoms with Gasteiger partial charge in [-0.1, -0.05) is 23.2 Å². The second-order valence-corrected chi connectivity index (χ2v) is 2.79. The van der Waals surface area contributed by atoms with Crippen LogP contribution in [0.25, 0.3) is 0 Å². The van der Waals surface area contributed by atoms with E-state index in [4.69, 9.17) is 38.2 Å². The Morgan fingerprint density at radius 1 is 1.17 bits per heavy atom. The monoisotopic (exact) mass is 212 g/mol. The summed E-state index contributed by atoms with van der Waals surface area (Å²) < 4.78 is 0.137. The van der Waals surface area contributed by atoms with Gasteiger partial charge in [-0.25, -0.2) is 0 Å². The number of aliphatic hydroxyl groups excluding tert-OH is 1. The molecule has 0 aliphatic heterocycles. The van der Waals surface area contributed by atoms with Crippen LogP contribution in [-0.2, 0) is 4.79 Å². The van der Waals surface area contributed by atoms with Gasteiger partial charge in [0.25, 0.3) is 5.97 Å². The molecular weight excluding hydrogens is 203 g/mol. The van der Waals surface area contributed by atoms with Crippen LogP contribution in [0.5, 0.6) is 0 Å². The van der Waals surface area contributed by atoms with Gasteiger partial charge in [-0.05, 0) is 19.1 Å². The van der Waals surface area contributed by atoms with Crippen molar-refractivity contribution >= 4 is 29.2 Å². The molecule has 0 amide bonds. The number of carboxylic acids is 1. The summed E-state index contributed by atoms with van der Waals surface area (Å²) in [5.41, 5.74) is 0. The summed E-state index contributed by atoms with van der Waals surface area (Å²) in [5, 5.41) is 15.9. The van der Waals surface area contributed by atoms with Crippen LogP contribution in [0.15, 0.2) is 22.4 Å². The molecule has 0 heterocycles. The highest BCUT2D eigenvalue weighted by Gasteiger charge is 1.78. The highest BCUT2D eigenvalue weighted by molar-refractivity contribution is 6.55. The van der Waals surface area contributed by atoms with Crippen molar-refractivity contribution in [2.75, 3.05) is 0 Å². The summed E-state index contributed by atoms with van der Waals surface area (Å²) in [6.45, 7) is 2.62. The number of aliphatic hydroxyl groups is 1. The molecule has 0 aliphatic rings. The van der Waals surface area contributed by atoms with E-state index in [1.165, 1.54) is 19.1 Å². The largest absolute Gasteiger partial charge is 0.513 e. The number of allylic oxidation sites excluding steroid dienone is 3. The van der Waals surface area contributed by atoms with Crippen molar-refractivity contribution in [3.63, 3.8) is 0 Å². The van der Waals surface area contributed by atoms with Crippen molar-refractivity contribution in [3.05, 3.63) is 22.4 Å². The average molecular weight is 213 g/mol. The Kier molecular flexibility index (Phi) is 9.75. The van der Waals surface area contributed by atoms with E-state index < -0.39 is 5.97 Å². The predicted molar refractivity (Wildman–Crippen MR) is 49.5 cm³/mol. The van der Waals surface area contributed by atoms with E-state index in [1.807, 2.05) is 0 Å². The molecule has 0 rings (SSSR count). The molecule has 3 nitrogen and oxygen atoms in total. The first-order valence-corrected chi connectivity index (χ1v) is 3.70. The van der Waals surface area contributed by atoms with E-state index >= 15 is 0 Å². The zero-order valence-corrected chi connectivity index (χ0v) is 8.23. The minimum Gasteiger partial charge on any atom is -0.513 e. The first-order chi connectivity index (χ1) is 5.36. The zero-order valence-electron chi connectivity index (χ0n) is 6.71. The Morgan fingerprint density at radius 2 is 1.50 bits per heavy atom. The molecule has 0 saturated heterocycles. The molecule has 0 spiro atoms. The maximum atomic E-state index is 9.00. The van der Waals surface area contributed by atoms with Gasteiger partial charge >= 0.3 is 0 Å². The van der Waals surface area contributed by atoms with Crippen molar-refractivity contribution in [2.45, 2.75) is 13.8 Å². The Labute approximate surface area is 80.9 Å². The van der Waals surface area contributed by atoms with Gasteiger partial charge in [-0.15, -0.1) is 0 Å². The minimum atomic E-state index is -0.833. The number of carboxylic acid groups (broad SMARTS) is 1. The van der Waals surface area contributed by atoms with Crippen LogP contribution in [-0.4, -0.2) is 16.2 Å². The number of aliphatic carboxylic acids is 1. The molecule has 0 radical (unpaired) electrons. The quantitative estimate of drug-likeness (QED) is 0.520. The summed E-state index contributed by atoms with van der Waals surface area (Å²) in [7, 11) is 0. The lowest BCUT2D eigenvalue weighted by Gasteiger charge is -1.80. The highest BCUT2D eigenvalue weighted by atomic mass is 35.5. The lowest BCUT2D eigenvalue weighted by Crippen LogP contribution is -1.78. The van der Waals surface area contributed by atoms with Gasteiger partial charge in [0, 0.05) is 6.92 Å². The Bertz CT molecular complexity index is 169. The van der Waals surface area contributed by atoms with Crippen LogP contribution < -0.4 is 0 Å². The lowest BCUT2D eigenvalue weighted by molar-refractivity contribution is -0.134. The summed E-state index contributed by atoms with van der Waals surface area (Å²) in [6, 6.07) is 0. The minimum absolute atomic E-state index is 0.137. The lowest BCUT2D eigenvalue weighted by atomic mass is 10.5. The molecule has 5 heteroatoms. The summed E-state index contributed by atoms with van der Waals surface area (Å²) in [5.74, 6) is -0.649. The fourth-order valence-electron chi connectivity index (χ4n) is 0.184. The van der Waals surface area contributed by atoms with E-state index in [0.717, 1.165) is 6.92 Å². The smallest absolute Gasteiger partial charge is 0.300 e. The van der Waals surface area contributed by atoms with Crippen molar-refractivity contribution in [3.8, 4) is 0 Å². The average Bonchev–Trinajstić information content (AvgIpc) is 1.82. The molecule has 0 aromatic rings. The maximum absolute atomic E-state index is 9.00. The molecule has 0 bridgehead atoms. The van der Waals surface area contributed by atoms with Crippen molar-refractivity contribution in [2.24, 2.45) is 0 Å². The molecule has 12 heavy (non-hydrogen) atoms. The fourth-order valence-corrected chi connectivity index (χ4v) is 0.310. The molecule has 70 valence electrons. The van der Waals surface area contributed by atoms with Crippen LogP contribution in [0.4, 0.5) is 0 Å². The SMILES string of the molecule is CC(=O)O.CC(O)=CC=C(Cl)Cl. The van der Waals surface area contributed by atoms with Crippen LogP contribution in [0.3, 0.4) is 0 Å². The third-order valence-electron chi connectivity index (χ3n) is 0.451. The van der Waals surface area contributed by atoms with Gasteiger partial charge in [-0.3, -0.25) is 4.79 Å². The first-order valence-electron chi connectivity index (χ1n) is 2.94. The molecule has 0 aliphatic carbocycles. The summed E-state index contributed by atoms with van der Waals surface area (Å²) in [6.07, 6.45) is 2.81. The Balaban J connectivity index is 0. The molecule has 0 unspecified atom stereocenters. The highest BCUT2D eigenvalue weighted by Crippen LogP contribution is 2.06. The van der Waals surface area contributed by atoms with E-state index in [2.05, 4.69) is 0 Å². The zero-order chi connectivity index (χ0) is 10.1. The molecule has 0 fully saturated rings. The number of carbonyl (C=O) groups is 1. The second kappa shape index (κ2) is 8.43. The molecule has 0 atom stereocenters. The van der Waals surface area contributed by atoms with Crippen molar-refractivity contribution < 1.29 is 15.0 Å². The van der Waals surface area contributed by atoms with E-state index in [9.17, 15) is 0 Å². The number of hydrogen-bond donors (Lipinski definition) is 2. The van der Waals surface area contributed by atoms with Gasteiger partial charge in [0.05, 0.1) is 5.76 Å². The maximum Gasteiger partial charge on any atom is 0.300 e. The summed E-state index contributed by atoms with van der Waals surface area (Å²) >= 11 is 10.4. The first kappa shape index (κ1) is 13.9. The number of halogens is 2. The van der Waals surface area contributed by atoms with Gasteiger partial charge in [0.1, 0.15) is 4.49 Å². The Hall–Kier alpha value is -0.670. The van der Waals surface area contributed by atoms with Gasteiger partial charge < -0.3 is 10.2 Å². The molecular formula is C7H10Cl2O3. The van der Waals surface area contributed by atoms with E-state index in [0.29, 0.717) is 0 Å². The second-order valence-electron chi connectivity index (χ2n) is 1.78. The molecule has 0 saturated carbocycles. The standard InChI is InChI=1S/C5H6Cl2O.C2H4O2/c1-4(8)2-3-5(6)7;1-2(3)4/h2-3,8H,1H3;1H3,(H,3,4). The Morgan fingerprint density at radius 3 is 1.58 bits per heavy atom. The topological polar surface area (TPSA) is 57.5 Å². The molecule has 0 aromatic heterocycles. The van der Waals surface area contributed by atoms with Crippen molar-refractivity contribution in [1.82, 2.24) is 0 Å². The predicted octanol–water partition coefficient (Wildman–Crippen LogP) is 2.86. The normalized spacial score (nSPS) is 9.50. The molecule has 0 aromatic carbocycles. The van der Waals surface area contributed by atoms with Gasteiger partial charge in [0.2, 0.25) is 0 Å². The third-order valence-corrected chi connectivity index (χ3v) is 0.703.